The van der Waals surface area contributed by atoms with Gasteiger partial charge < -0.3 is 0 Å². The molecule has 2 bridgehead atoms. The molecule has 0 radical (unpaired) electrons. The Labute approximate surface area is 270 Å². The minimum Gasteiger partial charge on any atom is -0.0616 e. The quantitative estimate of drug-likeness (QED) is 0.181. The highest BCUT2D eigenvalue weighted by Gasteiger charge is 2.38. The first-order valence-electron chi connectivity index (χ1n) is 16.8. The molecular weight excluding hydrogens is 553 g/mol. The van der Waals surface area contributed by atoms with Gasteiger partial charge in [0.2, 0.25) is 0 Å². The zero-order chi connectivity index (χ0) is 30.4. The van der Waals surface area contributed by atoms with Gasteiger partial charge in [-0.05, 0) is 131 Å². The standard InChI is InChI=1S/C46H34/c1-28-21-24-36(33-12-3-2-11-31(28)33)37-25-26-42(35-14-5-4-13-34(35)37)45-38-15-6-8-17-40(38)46(41-18-9-7-16-39(41)45)43-20-10-19-32-29-22-23-30(27-29)44(32)43/h2-21,24-26,29-30H,22-23,27H2,1H3. The number of benzene rings is 8. The SMILES string of the molecule is Cc1ccc(-c2ccc(-c3c4ccccc4c(-c4cccc5c4C4CCC5C4)c4ccccc34)c3ccccc23)c2ccccc12. The molecule has 1 fully saturated rings. The molecule has 218 valence electrons. The van der Waals surface area contributed by atoms with Crippen molar-refractivity contribution in [2.45, 2.75) is 38.0 Å². The maximum Gasteiger partial charge on any atom is -0.00201 e. The molecular formula is C46H34. The van der Waals surface area contributed by atoms with Crippen LogP contribution in [0.25, 0.3) is 76.5 Å². The minimum atomic E-state index is 0.697. The van der Waals surface area contributed by atoms with Crippen LogP contribution < -0.4 is 0 Å². The number of fused-ring (bicyclic) bond motifs is 9. The van der Waals surface area contributed by atoms with Crippen LogP contribution in [0, 0.1) is 6.92 Å². The Morgan fingerprint density at radius 1 is 0.370 bits per heavy atom. The van der Waals surface area contributed by atoms with E-state index in [4.69, 9.17) is 0 Å². The molecule has 10 rings (SSSR count). The van der Waals surface area contributed by atoms with E-state index in [1.807, 2.05) is 0 Å². The first kappa shape index (κ1) is 26.1. The first-order chi connectivity index (χ1) is 22.8. The minimum absolute atomic E-state index is 0.697. The lowest BCUT2D eigenvalue weighted by Gasteiger charge is -2.23. The van der Waals surface area contributed by atoms with Crippen molar-refractivity contribution < 1.29 is 0 Å². The summed E-state index contributed by atoms with van der Waals surface area (Å²) in [5, 5.41) is 10.6. The van der Waals surface area contributed by atoms with Gasteiger partial charge in [0.1, 0.15) is 0 Å². The largest absolute Gasteiger partial charge is 0.0616 e. The summed E-state index contributed by atoms with van der Waals surface area (Å²) in [4.78, 5) is 0. The van der Waals surface area contributed by atoms with Gasteiger partial charge in [-0.15, -0.1) is 0 Å². The highest BCUT2D eigenvalue weighted by Crippen LogP contribution is 2.57. The summed E-state index contributed by atoms with van der Waals surface area (Å²) in [5.41, 5.74) is 12.6. The first-order valence-corrected chi connectivity index (χ1v) is 16.8. The lowest BCUT2D eigenvalue weighted by molar-refractivity contribution is 0.719. The van der Waals surface area contributed by atoms with Crippen molar-refractivity contribution in [1.82, 2.24) is 0 Å². The second-order valence-electron chi connectivity index (χ2n) is 13.5. The Morgan fingerprint density at radius 2 is 0.826 bits per heavy atom. The molecule has 0 spiro atoms. The van der Waals surface area contributed by atoms with Crippen LogP contribution in [0.3, 0.4) is 0 Å². The van der Waals surface area contributed by atoms with E-state index in [9.17, 15) is 0 Å². The third-order valence-corrected chi connectivity index (χ3v) is 11.2. The average molecular weight is 587 g/mol. The molecule has 0 aliphatic heterocycles. The third kappa shape index (κ3) is 3.62. The Morgan fingerprint density at radius 3 is 1.46 bits per heavy atom. The van der Waals surface area contributed by atoms with Crippen LogP contribution in [0.2, 0.25) is 0 Å². The molecule has 8 aromatic carbocycles. The van der Waals surface area contributed by atoms with Crippen molar-refractivity contribution in [2.75, 3.05) is 0 Å². The highest BCUT2D eigenvalue weighted by molar-refractivity contribution is 6.24. The van der Waals surface area contributed by atoms with E-state index in [2.05, 4.69) is 146 Å². The zero-order valence-corrected chi connectivity index (χ0v) is 26.1. The van der Waals surface area contributed by atoms with Crippen molar-refractivity contribution in [1.29, 1.82) is 0 Å². The van der Waals surface area contributed by atoms with Crippen molar-refractivity contribution in [3.8, 4) is 33.4 Å². The molecule has 0 nitrogen and oxygen atoms in total. The van der Waals surface area contributed by atoms with E-state index in [1.54, 1.807) is 11.1 Å². The average Bonchev–Trinajstić information content (AvgIpc) is 3.74. The van der Waals surface area contributed by atoms with Gasteiger partial charge in [-0.2, -0.15) is 0 Å². The van der Waals surface area contributed by atoms with Crippen LogP contribution in [0.5, 0.6) is 0 Å². The van der Waals surface area contributed by atoms with Crippen molar-refractivity contribution >= 4 is 43.1 Å². The van der Waals surface area contributed by atoms with Gasteiger partial charge in [0.05, 0.1) is 0 Å². The Hall–Kier alpha value is -5.20. The maximum absolute atomic E-state index is 2.41. The van der Waals surface area contributed by atoms with Gasteiger partial charge in [-0.1, -0.05) is 140 Å². The monoisotopic (exact) mass is 586 g/mol. The lowest BCUT2D eigenvalue weighted by atomic mass is 9.80. The summed E-state index contributed by atoms with van der Waals surface area (Å²) in [6.07, 6.45) is 4.01. The van der Waals surface area contributed by atoms with Gasteiger partial charge in [0.15, 0.2) is 0 Å². The molecule has 0 N–H and O–H groups in total. The smallest absolute Gasteiger partial charge is 0.00201 e. The summed E-state index contributed by atoms with van der Waals surface area (Å²) >= 11 is 0. The summed E-state index contributed by atoms with van der Waals surface area (Å²) in [6, 6.07) is 52.6. The van der Waals surface area contributed by atoms with Gasteiger partial charge in [-0.25, -0.2) is 0 Å². The lowest BCUT2D eigenvalue weighted by Crippen LogP contribution is -2.01. The second kappa shape index (κ2) is 9.90. The Bertz CT molecular complexity index is 2470. The van der Waals surface area contributed by atoms with E-state index < -0.39 is 0 Å². The summed E-state index contributed by atoms with van der Waals surface area (Å²) in [5.74, 6) is 1.44. The van der Waals surface area contributed by atoms with Crippen LogP contribution in [-0.2, 0) is 0 Å². The number of hydrogen-bond acceptors (Lipinski definition) is 0. The molecule has 2 unspecified atom stereocenters. The van der Waals surface area contributed by atoms with Gasteiger partial charge >= 0.3 is 0 Å². The normalized spacial score (nSPS) is 17.0. The van der Waals surface area contributed by atoms with E-state index in [-0.39, 0.29) is 0 Å². The fourth-order valence-corrected chi connectivity index (χ4v) is 9.28. The molecule has 2 aliphatic carbocycles. The zero-order valence-electron chi connectivity index (χ0n) is 26.1. The molecule has 2 aliphatic rings. The second-order valence-corrected chi connectivity index (χ2v) is 13.5. The molecule has 0 amide bonds. The molecule has 0 saturated heterocycles. The number of aryl methyl sites for hydroxylation is 1. The predicted octanol–water partition coefficient (Wildman–Crippen LogP) is 13.0. The summed E-state index contributed by atoms with van der Waals surface area (Å²) in [7, 11) is 0. The predicted molar refractivity (Wildman–Crippen MR) is 197 cm³/mol. The third-order valence-electron chi connectivity index (χ3n) is 11.2. The Kier molecular flexibility index (Phi) is 5.61. The van der Waals surface area contributed by atoms with Crippen LogP contribution in [-0.4, -0.2) is 0 Å². The molecule has 1 saturated carbocycles. The van der Waals surface area contributed by atoms with Crippen molar-refractivity contribution in [2.24, 2.45) is 0 Å². The summed E-state index contributed by atoms with van der Waals surface area (Å²) < 4.78 is 0. The van der Waals surface area contributed by atoms with Crippen LogP contribution in [0.4, 0.5) is 0 Å². The summed E-state index contributed by atoms with van der Waals surface area (Å²) in [6.45, 7) is 2.21. The van der Waals surface area contributed by atoms with Crippen molar-refractivity contribution in [3.05, 3.63) is 156 Å². The fraction of sp³-hybridized carbons (Fsp3) is 0.130. The molecule has 0 heteroatoms. The number of hydrogen-bond donors (Lipinski definition) is 0. The topological polar surface area (TPSA) is 0 Å². The maximum atomic E-state index is 2.41. The van der Waals surface area contributed by atoms with Crippen LogP contribution in [0.15, 0.2) is 140 Å². The molecule has 8 aromatic rings. The van der Waals surface area contributed by atoms with E-state index in [1.165, 1.54) is 101 Å². The molecule has 0 aromatic heterocycles. The fourth-order valence-electron chi connectivity index (χ4n) is 9.28. The van der Waals surface area contributed by atoms with Gasteiger partial charge in [0, 0.05) is 0 Å². The number of rotatable bonds is 3. The van der Waals surface area contributed by atoms with E-state index >= 15 is 0 Å². The van der Waals surface area contributed by atoms with Gasteiger partial charge in [0.25, 0.3) is 0 Å². The van der Waals surface area contributed by atoms with Gasteiger partial charge in [-0.3, -0.25) is 0 Å². The van der Waals surface area contributed by atoms with E-state index in [0.29, 0.717) is 5.92 Å². The molecule has 0 heterocycles. The highest BCUT2D eigenvalue weighted by atomic mass is 14.4. The van der Waals surface area contributed by atoms with Crippen molar-refractivity contribution in [3.63, 3.8) is 0 Å². The van der Waals surface area contributed by atoms with Crippen LogP contribution >= 0.6 is 0 Å². The molecule has 46 heavy (non-hydrogen) atoms. The van der Waals surface area contributed by atoms with Crippen LogP contribution in [0.1, 0.15) is 47.8 Å². The Balaban J connectivity index is 1.28. The van der Waals surface area contributed by atoms with E-state index in [0.717, 1.165) is 5.92 Å². The molecule has 2 atom stereocenters.